The maximum atomic E-state index is 11.4. The number of halogens is 1. The van der Waals surface area contributed by atoms with Crippen molar-refractivity contribution in [1.29, 1.82) is 0 Å². The van der Waals surface area contributed by atoms with Crippen LogP contribution in [0.5, 0.6) is 0 Å². The van der Waals surface area contributed by atoms with Gasteiger partial charge in [-0.1, -0.05) is 11.6 Å². The lowest BCUT2D eigenvalue weighted by Gasteiger charge is -2.12. The van der Waals surface area contributed by atoms with E-state index >= 15 is 0 Å². The first-order valence-electron chi connectivity index (χ1n) is 5.31. The lowest BCUT2D eigenvalue weighted by Crippen LogP contribution is -2.29. The minimum absolute atomic E-state index is 0.425. The molecule has 0 aliphatic rings. The Morgan fingerprint density at radius 3 is 2.67 bits per heavy atom. The van der Waals surface area contributed by atoms with E-state index in [9.17, 15) is 9.59 Å². The van der Waals surface area contributed by atoms with Crippen LogP contribution in [0.15, 0.2) is 33.9 Å². The fourth-order valence-corrected chi connectivity index (χ4v) is 1.81. The summed E-state index contributed by atoms with van der Waals surface area (Å²) >= 11 is 5.86. The number of nitrogens with one attached hydrogen (secondary N) is 2. The van der Waals surface area contributed by atoms with E-state index in [4.69, 9.17) is 11.6 Å². The smallest absolute Gasteiger partial charge is 0.329 e. The average molecular weight is 266 g/mol. The van der Waals surface area contributed by atoms with E-state index in [-0.39, 0.29) is 0 Å². The average Bonchev–Trinajstić information content (AvgIpc) is 2.29. The van der Waals surface area contributed by atoms with Crippen molar-refractivity contribution in [3.8, 4) is 0 Å². The molecule has 5 nitrogen and oxygen atoms in total. The Bertz CT molecular complexity index is 703. The summed E-state index contributed by atoms with van der Waals surface area (Å²) in [6.45, 7) is 1.89. The number of aryl methyl sites for hydroxylation is 1. The molecule has 2 aromatic rings. The van der Waals surface area contributed by atoms with Crippen molar-refractivity contribution in [2.24, 2.45) is 7.05 Å². The molecule has 0 unspecified atom stereocenters. The molecular formula is C12H12ClN3O2. The zero-order valence-electron chi connectivity index (χ0n) is 9.95. The minimum Gasteiger partial charge on any atom is -0.341 e. The van der Waals surface area contributed by atoms with E-state index < -0.39 is 11.2 Å². The summed E-state index contributed by atoms with van der Waals surface area (Å²) < 4.78 is 1.33. The molecule has 0 atom stereocenters. The Morgan fingerprint density at radius 1 is 1.28 bits per heavy atom. The molecule has 0 amide bonds. The highest BCUT2D eigenvalue weighted by atomic mass is 35.5. The molecule has 1 heterocycles. The van der Waals surface area contributed by atoms with Crippen molar-refractivity contribution < 1.29 is 0 Å². The van der Waals surface area contributed by atoms with Gasteiger partial charge in [-0.25, -0.2) is 4.79 Å². The first-order valence-corrected chi connectivity index (χ1v) is 5.69. The molecular weight excluding hydrogens is 254 g/mol. The van der Waals surface area contributed by atoms with E-state index in [1.807, 2.05) is 6.92 Å². The number of benzene rings is 1. The Balaban J connectivity index is 2.46. The number of H-pyrrole nitrogens is 1. The van der Waals surface area contributed by atoms with E-state index in [1.54, 1.807) is 25.2 Å². The van der Waals surface area contributed by atoms with Crippen molar-refractivity contribution >= 4 is 23.1 Å². The maximum Gasteiger partial charge on any atom is 0.329 e. The van der Waals surface area contributed by atoms with Crippen LogP contribution in [-0.4, -0.2) is 9.55 Å². The Kier molecular flexibility index (Phi) is 3.25. The standard InChI is InChI=1S/C12H12ClN3O2/c1-7-5-8(13)3-4-9(7)14-10-6-11(17)15-12(18)16(10)2/h3-6,14H,1-2H3,(H,15,17,18). The van der Waals surface area contributed by atoms with Crippen LogP contribution in [0.4, 0.5) is 11.5 Å². The fraction of sp³-hybridized carbons (Fsp3) is 0.167. The molecule has 94 valence electrons. The number of hydrogen-bond acceptors (Lipinski definition) is 3. The van der Waals surface area contributed by atoms with Gasteiger partial charge in [-0.3, -0.25) is 14.3 Å². The molecule has 0 aliphatic heterocycles. The van der Waals surface area contributed by atoms with E-state index in [0.29, 0.717) is 10.8 Å². The molecule has 1 aromatic carbocycles. The highest BCUT2D eigenvalue weighted by Gasteiger charge is 2.04. The van der Waals surface area contributed by atoms with Crippen LogP contribution >= 0.6 is 11.6 Å². The third-order valence-electron chi connectivity index (χ3n) is 2.62. The predicted octanol–water partition coefficient (Wildman–Crippen LogP) is 1.78. The normalized spacial score (nSPS) is 10.4. The Morgan fingerprint density at radius 2 is 2.00 bits per heavy atom. The monoisotopic (exact) mass is 265 g/mol. The SMILES string of the molecule is Cc1cc(Cl)ccc1Nc1cc(=O)[nH]c(=O)n1C. The molecule has 2 rings (SSSR count). The minimum atomic E-state index is -0.461. The molecule has 1 aromatic heterocycles. The Hall–Kier alpha value is -2.01. The maximum absolute atomic E-state index is 11.4. The molecule has 0 bridgehead atoms. The summed E-state index contributed by atoms with van der Waals surface area (Å²) in [4.78, 5) is 24.9. The topological polar surface area (TPSA) is 66.9 Å². The summed E-state index contributed by atoms with van der Waals surface area (Å²) in [5.41, 5.74) is 0.819. The van der Waals surface area contributed by atoms with Crippen LogP contribution in [0.3, 0.4) is 0 Å². The number of aromatic amines is 1. The lowest BCUT2D eigenvalue weighted by atomic mass is 10.2. The van der Waals surface area contributed by atoms with Gasteiger partial charge in [0.1, 0.15) is 5.82 Å². The summed E-state index contributed by atoms with van der Waals surface area (Å²) in [5.74, 6) is 0.425. The molecule has 0 saturated heterocycles. The van der Waals surface area contributed by atoms with Crippen LogP contribution in [0.1, 0.15) is 5.56 Å². The van der Waals surface area contributed by atoms with Gasteiger partial charge in [0.05, 0.1) is 0 Å². The highest BCUT2D eigenvalue weighted by Crippen LogP contribution is 2.22. The van der Waals surface area contributed by atoms with Crippen molar-refractivity contribution in [2.45, 2.75) is 6.92 Å². The van der Waals surface area contributed by atoms with E-state index in [0.717, 1.165) is 11.3 Å². The van der Waals surface area contributed by atoms with Crippen LogP contribution in [-0.2, 0) is 7.05 Å². The molecule has 0 saturated carbocycles. The first kappa shape index (κ1) is 12.4. The van der Waals surface area contributed by atoms with Crippen molar-refractivity contribution in [3.05, 3.63) is 55.7 Å². The first-order chi connectivity index (χ1) is 8.47. The molecule has 0 spiro atoms. The summed E-state index contributed by atoms with van der Waals surface area (Å²) in [6, 6.07) is 6.66. The van der Waals surface area contributed by atoms with Gasteiger partial charge in [0.25, 0.3) is 5.56 Å². The second kappa shape index (κ2) is 4.70. The molecule has 6 heteroatoms. The number of hydrogen-bond donors (Lipinski definition) is 2. The quantitative estimate of drug-likeness (QED) is 0.870. The second-order valence-corrected chi connectivity index (χ2v) is 4.40. The van der Waals surface area contributed by atoms with Gasteiger partial charge in [-0.05, 0) is 30.7 Å². The zero-order valence-corrected chi connectivity index (χ0v) is 10.7. The molecule has 2 N–H and O–H groups in total. The van der Waals surface area contributed by atoms with Gasteiger partial charge in [-0.15, -0.1) is 0 Å². The van der Waals surface area contributed by atoms with Gasteiger partial charge < -0.3 is 5.32 Å². The van der Waals surface area contributed by atoms with Crippen molar-refractivity contribution in [2.75, 3.05) is 5.32 Å². The zero-order chi connectivity index (χ0) is 13.3. The number of rotatable bonds is 2. The van der Waals surface area contributed by atoms with Gasteiger partial charge in [-0.2, -0.15) is 0 Å². The summed E-state index contributed by atoms with van der Waals surface area (Å²) in [7, 11) is 1.58. The third kappa shape index (κ3) is 2.46. The van der Waals surface area contributed by atoms with Crippen LogP contribution < -0.4 is 16.6 Å². The fourth-order valence-electron chi connectivity index (χ4n) is 1.58. The highest BCUT2D eigenvalue weighted by molar-refractivity contribution is 6.30. The van der Waals surface area contributed by atoms with Crippen molar-refractivity contribution in [3.63, 3.8) is 0 Å². The van der Waals surface area contributed by atoms with Crippen LogP contribution in [0.2, 0.25) is 5.02 Å². The predicted molar refractivity (Wildman–Crippen MR) is 71.8 cm³/mol. The van der Waals surface area contributed by atoms with Crippen LogP contribution in [0, 0.1) is 6.92 Å². The van der Waals surface area contributed by atoms with Gasteiger partial charge in [0.15, 0.2) is 0 Å². The lowest BCUT2D eigenvalue weighted by molar-refractivity contribution is 0.809. The van der Waals surface area contributed by atoms with Gasteiger partial charge in [0.2, 0.25) is 0 Å². The van der Waals surface area contributed by atoms with Crippen molar-refractivity contribution in [1.82, 2.24) is 9.55 Å². The van der Waals surface area contributed by atoms with Gasteiger partial charge >= 0.3 is 5.69 Å². The van der Waals surface area contributed by atoms with Gasteiger partial charge in [0, 0.05) is 23.8 Å². The van der Waals surface area contributed by atoms with E-state index in [1.165, 1.54) is 10.6 Å². The Labute approximate surface area is 108 Å². The second-order valence-electron chi connectivity index (χ2n) is 3.97. The number of aromatic nitrogens is 2. The third-order valence-corrected chi connectivity index (χ3v) is 2.85. The molecule has 18 heavy (non-hydrogen) atoms. The summed E-state index contributed by atoms with van der Waals surface area (Å²) in [6.07, 6.45) is 0. The molecule has 0 fully saturated rings. The molecule has 0 aliphatic carbocycles. The summed E-state index contributed by atoms with van der Waals surface area (Å²) in [5, 5.41) is 3.67. The van der Waals surface area contributed by atoms with E-state index in [2.05, 4.69) is 10.3 Å². The number of nitrogens with zero attached hydrogens (tertiary/aromatic N) is 1. The number of anilines is 2. The molecule has 0 radical (unpaired) electrons. The van der Waals surface area contributed by atoms with Crippen LogP contribution in [0.25, 0.3) is 0 Å². The largest absolute Gasteiger partial charge is 0.341 e.